The fourth-order valence-electron chi connectivity index (χ4n) is 11.2. The molecule has 0 bridgehead atoms. The van der Waals surface area contributed by atoms with Gasteiger partial charge in [-0.25, -0.2) is 9.13 Å². The van der Waals surface area contributed by atoms with E-state index in [1.807, 2.05) is 0 Å². The van der Waals surface area contributed by atoms with Crippen LogP contribution in [0, 0.1) is 0 Å². The number of rotatable bonds is 74. The molecule has 0 aromatic heterocycles. The van der Waals surface area contributed by atoms with Gasteiger partial charge in [0.25, 0.3) is 0 Å². The molecule has 0 fully saturated rings. The Morgan fingerprint density at radius 1 is 0.261 bits per heavy atom. The van der Waals surface area contributed by atoms with Crippen LogP contribution in [0.5, 0.6) is 0 Å². The van der Waals surface area contributed by atoms with Crippen molar-refractivity contribution < 1.29 is 80.2 Å². The molecule has 2 unspecified atom stereocenters. The van der Waals surface area contributed by atoms with E-state index in [0.717, 1.165) is 103 Å². The Labute approximate surface area is 562 Å². The summed E-state index contributed by atoms with van der Waals surface area (Å²) in [6, 6.07) is 0. The SMILES string of the molecule is CCCCCCCCCCCCCCCCCCCCCCCC(=O)O[C@H](COC(=O)CCCCCCCCCCCCCCCCCCCC)COP(=O)(O)OC[C@@H](O)COP(=O)(O)OC[C@@H](COC(=O)CCCCCCC)OC(=O)CCCCCCCCCC. The second-order valence-electron chi connectivity index (χ2n) is 26.3. The molecule has 0 aliphatic heterocycles. The normalized spacial score (nSPS) is 13.9. The minimum atomic E-state index is -4.95. The van der Waals surface area contributed by atoms with Crippen molar-refractivity contribution in [1.29, 1.82) is 0 Å². The van der Waals surface area contributed by atoms with Crippen LogP contribution in [-0.2, 0) is 65.4 Å². The maximum absolute atomic E-state index is 13.1. The van der Waals surface area contributed by atoms with Crippen LogP contribution in [-0.4, -0.2) is 96.7 Å². The Balaban J connectivity index is 5.08. The predicted molar refractivity (Wildman–Crippen MR) is 372 cm³/mol. The summed E-state index contributed by atoms with van der Waals surface area (Å²) >= 11 is 0. The van der Waals surface area contributed by atoms with E-state index in [9.17, 15) is 43.2 Å². The molecule has 3 N–H and O–H groups in total. The molecule has 546 valence electrons. The number of aliphatic hydroxyl groups is 1. The van der Waals surface area contributed by atoms with E-state index in [2.05, 4.69) is 27.7 Å². The van der Waals surface area contributed by atoms with Crippen molar-refractivity contribution in [2.24, 2.45) is 0 Å². The van der Waals surface area contributed by atoms with Gasteiger partial charge < -0.3 is 33.8 Å². The van der Waals surface area contributed by atoms with E-state index in [-0.39, 0.29) is 25.7 Å². The Bertz CT molecular complexity index is 1760. The van der Waals surface area contributed by atoms with Crippen molar-refractivity contribution in [3.05, 3.63) is 0 Å². The monoisotopic (exact) mass is 1350 g/mol. The second kappa shape index (κ2) is 67.6. The molecule has 0 aromatic carbocycles. The van der Waals surface area contributed by atoms with Crippen molar-refractivity contribution in [2.45, 2.75) is 406 Å². The van der Waals surface area contributed by atoms with Crippen LogP contribution in [0.1, 0.15) is 387 Å². The first-order valence-electron chi connectivity index (χ1n) is 38.3. The number of aliphatic hydroxyl groups excluding tert-OH is 1. The van der Waals surface area contributed by atoms with Gasteiger partial charge in [-0.1, -0.05) is 336 Å². The number of carbonyl (C=O) groups excluding carboxylic acids is 4. The zero-order valence-corrected chi connectivity index (χ0v) is 61.3. The van der Waals surface area contributed by atoms with E-state index in [1.165, 1.54) is 205 Å². The molecule has 0 aliphatic rings. The van der Waals surface area contributed by atoms with Crippen molar-refractivity contribution >= 4 is 39.5 Å². The van der Waals surface area contributed by atoms with E-state index in [4.69, 9.17) is 37.0 Å². The summed E-state index contributed by atoms with van der Waals surface area (Å²) in [5.41, 5.74) is 0. The Morgan fingerprint density at radius 3 is 0.641 bits per heavy atom. The van der Waals surface area contributed by atoms with Gasteiger partial charge in [-0.15, -0.1) is 0 Å². The highest BCUT2D eigenvalue weighted by atomic mass is 31.2. The van der Waals surface area contributed by atoms with Gasteiger partial charge in [0, 0.05) is 25.7 Å². The van der Waals surface area contributed by atoms with Gasteiger partial charge in [0.2, 0.25) is 0 Å². The average Bonchev–Trinajstić information content (AvgIpc) is 1.61. The molecule has 0 rings (SSSR count). The van der Waals surface area contributed by atoms with Crippen LogP contribution in [0.25, 0.3) is 0 Å². The van der Waals surface area contributed by atoms with Crippen LogP contribution >= 0.6 is 15.6 Å². The van der Waals surface area contributed by atoms with E-state index >= 15 is 0 Å². The molecular formula is C73H142O17P2. The molecule has 0 radical (unpaired) electrons. The van der Waals surface area contributed by atoms with Crippen molar-refractivity contribution in [1.82, 2.24) is 0 Å². The molecule has 0 heterocycles. The molecule has 0 spiro atoms. The third kappa shape index (κ3) is 66.7. The fraction of sp³-hybridized carbons (Fsp3) is 0.945. The predicted octanol–water partition coefficient (Wildman–Crippen LogP) is 21.4. The lowest BCUT2D eigenvalue weighted by atomic mass is 10.0. The van der Waals surface area contributed by atoms with Gasteiger partial charge in [-0.3, -0.25) is 37.3 Å². The van der Waals surface area contributed by atoms with Crippen LogP contribution in [0.4, 0.5) is 0 Å². The lowest BCUT2D eigenvalue weighted by Gasteiger charge is -2.21. The second-order valence-corrected chi connectivity index (χ2v) is 29.2. The van der Waals surface area contributed by atoms with Gasteiger partial charge in [0.1, 0.15) is 19.3 Å². The van der Waals surface area contributed by atoms with Crippen LogP contribution in [0.3, 0.4) is 0 Å². The van der Waals surface area contributed by atoms with Gasteiger partial charge in [0.15, 0.2) is 12.2 Å². The number of carbonyl (C=O) groups is 4. The standard InChI is InChI=1S/C73H142O17P2/c1-5-9-13-17-20-23-25-27-29-31-33-34-35-37-39-41-43-45-48-52-56-60-73(78)90-69(64-84-71(76)58-54-50-47-44-42-40-38-36-32-30-28-26-24-21-18-14-10-6-2)66-88-92(81,82)86-62-67(74)61-85-91(79,80)87-65-68(63-83-70(75)57-53-49-16-12-8-4)89-72(77)59-55-51-46-22-19-15-11-7-3/h67-69,74H,5-66H2,1-4H3,(H,79,80)(H,81,82)/t67-,68+,69+/m0/s1. The highest BCUT2D eigenvalue weighted by Crippen LogP contribution is 2.45. The fourth-order valence-corrected chi connectivity index (χ4v) is 12.8. The molecule has 92 heavy (non-hydrogen) atoms. The first-order chi connectivity index (χ1) is 44.7. The molecule has 19 heteroatoms. The quantitative estimate of drug-likeness (QED) is 0.0222. The van der Waals surface area contributed by atoms with E-state index in [1.54, 1.807) is 0 Å². The number of esters is 4. The first kappa shape index (κ1) is 90.1. The zero-order chi connectivity index (χ0) is 67.5. The van der Waals surface area contributed by atoms with Gasteiger partial charge in [-0.2, -0.15) is 0 Å². The molecular weight excluding hydrogens is 1210 g/mol. The Morgan fingerprint density at radius 2 is 0.435 bits per heavy atom. The number of unbranched alkanes of at least 4 members (excludes halogenated alkanes) is 48. The summed E-state index contributed by atoms with van der Waals surface area (Å²) in [5, 5.41) is 10.6. The Kier molecular flexibility index (Phi) is 66.2. The highest BCUT2D eigenvalue weighted by molar-refractivity contribution is 7.47. The lowest BCUT2D eigenvalue weighted by Crippen LogP contribution is -2.30. The number of phosphoric ester groups is 2. The summed E-state index contributed by atoms with van der Waals surface area (Å²) in [6.45, 7) is 4.84. The molecule has 17 nitrogen and oxygen atoms in total. The number of phosphoric acid groups is 2. The van der Waals surface area contributed by atoms with Crippen LogP contribution < -0.4 is 0 Å². The summed E-state index contributed by atoms with van der Waals surface area (Å²) in [6.07, 6.45) is 57.6. The smallest absolute Gasteiger partial charge is 0.462 e. The highest BCUT2D eigenvalue weighted by Gasteiger charge is 2.30. The average molecular weight is 1350 g/mol. The topological polar surface area (TPSA) is 237 Å². The van der Waals surface area contributed by atoms with Gasteiger partial charge >= 0.3 is 39.5 Å². The van der Waals surface area contributed by atoms with E-state index in [0.29, 0.717) is 25.7 Å². The van der Waals surface area contributed by atoms with E-state index < -0.39 is 97.5 Å². The minimum Gasteiger partial charge on any atom is -0.462 e. The number of ether oxygens (including phenoxy) is 4. The van der Waals surface area contributed by atoms with Crippen molar-refractivity contribution in [3.8, 4) is 0 Å². The van der Waals surface area contributed by atoms with Crippen LogP contribution in [0.2, 0.25) is 0 Å². The largest absolute Gasteiger partial charge is 0.472 e. The molecule has 5 atom stereocenters. The maximum atomic E-state index is 13.1. The molecule has 0 amide bonds. The maximum Gasteiger partial charge on any atom is 0.472 e. The summed E-state index contributed by atoms with van der Waals surface area (Å²) < 4.78 is 68.1. The zero-order valence-electron chi connectivity index (χ0n) is 59.5. The molecule has 0 aliphatic carbocycles. The Hall–Kier alpha value is -1.94. The molecule has 0 saturated heterocycles. The summed E-state index contributed by atoms with van der Waals surface area (Å²) in [5.74, 6) is -2.13. The van der Waals surface area contributed by atoms with Gasteiger partial charge in [0.05, 0.1) is 26.4 Å². The first-order valence-corrected chi connectivity index (χ1v) is 41.3. The minimum absolute atomic E-state index is 0.105. The number of hydrogen-bond donors (Lipinski definition) is 3. The van der Waals surface area contributed by atoms with Crippen molar-refractivity contribution in [3.63, 3.8) is 0 Å². The summed E-state index contributed by atoms with van der Waals surface area (Å²) in [4.78, 5) is 72.2. The van der Waals surface area contributed by atoms with Gasteiger partial charge in [-0.05, 0) is 25.7 Å². The molecule has 0 aromatic rings. The van der Waals surface area contributed by atoms with Crippen molar-refractivity contribution in [2.75, 3.05) is 39.6 Å². The summed E-state index contributed by atoms with van der Waals surface area (Å²) in [7, 11) is -9.89. The third-order valence-corrected chi connectivity index (χ3v) is 19.0. The lowest BCUT2D eigenvalue weighted by molar-refractivity contribution is -0.161. The third-order valence-electron chi connectivity index (χ3n) is 17.1. The number of hydrogen-bond acceptors (Lipinski definition) is 15. The van der Waals surface area contributed by atoms with Crippen LogP contribution in [0.15, 0.2) is 0 Å². The molecule has 0 saturated carbocycles.